The van der Waals surface area contributed by atoms with Gasteiger partial charge in [0.25, 0.3) is 0 Å². The van der Waals surface area contributed by atoms with Gasteiger partial charge in [-0.15, -0.1) is 0 Å². The Labute approximate surface area is 130 Å². The van der Waals surface area contributed by atoms with Crippen LogP contribution in [-0.4, -0.2) is 18.3 Å². The van der Waals surface area contributed by atoms with Crippen LogP contribution in [0.25, 0.3) is 6.15 Å². The summed E-state index contributed by atoms with van der Waals surface area (Å²) in [6.07, 6.45) is -0.702. The standard InChI is InChI=1S/C11H16O2.C2H6.H2N.Y/c1-8-6-4-5-7-10(8)11(13-3)9(2)12;1-2;;/h4-7,9,11-12H,1-3H3;1-2H3;1H2;/q;;-1;. The Bertz CT molecular complexity index is 280. The van der Waals surface area contributed by atoms with Gasteiger partial charge in [-0.05, 0) is 25.0 Å². The molecule has 97 valence electrons. The molecule has 3 N–H and O–H groups in total. The number of methoxy groups -OCH3 is 1. The Kier molecular flexibility index (Phi) is 16.7. The van der Waals surface area contributed by atoms with Crippen LogP contribution in [0.4, 0.5) is 0 Å². The van der Waals surface area contributed by atoms with E-state index in [9.17, 15) is 5.11 Å². The van der Waals surface area contributed by atoms with Crippen LogP contribution in [0.3, 0.4) is 0 Å². The zero-order chi connectivity index (χ0) is 11.8. The van der Waals surface area contributed by atoms with Gasteiger partial charge < -0.3 is 16.0 Å². The molecule has 0 bridgehead atoms. The summed E-state index contributed by atoms with van der Waals surface area (Å²) in [5.74, 6) is 0. The van der Waals surface area contributed by atoms with Crippen LogP contribution in [0, 0.1) is 6.92 Å². The van der Waals surface area contributed by atoms with Crippen LogP contribution in [0.15, 0.2) is 24.3 Å². The molecule has 0 aliphatic heterocycles. The van der Waals surface area contributed by atoms with E-state index in [0.29, 0.717) is 0 Å². The largest absolute Gasteiger partial charge is 0.693 e. The second kappa shape index (κ2) is 12.7. The number of rotatable bonds is 3. The van der Waals surface area contributed by atoms with Crippen molar-refractivity contribution in [3.8, 4) is 0 Å². The minimum Gasteiger partial charge on any atom is -0.693 e. The summed E-state index contributed by atoms with van der Waals surface area (Å²) in [6.45, 7) is 7.75. The molecule has 3 nitrogen and oxygen atoms in total. The minimum absolute atomic E-state index is 0. The van der Waals surface area contributed by atoms with Gasteiger partial charge in [0.2, 0.25) is 0 Å². The normalized spacial score (nSPS) is 12.1. The molecule has 1 aromatic rings. The summed E-state index contributed by atoms with van der Waals surface area (Å²) >= 11 is 0. The maximum atomic E-state index is 9.47. The molecule has 1 aromatic carbocycles. The van der Waals surface area contributed by atoms with Crippen molar-refractivity contribution in [3.63, 3.8) is 0 Å². The molecule has 0 aliphatic rings. The number of aryl methyl sites for hydroxylation is 1. The van der Waals surface area contributed by atoms with E-state index < -0.39 is 6.10 Å². The first-order valence-electron chi connectivity index (χ1n) is 5.43. The van der Waals surface area contributed by atoms with E-state index in [1.54, 1.807) is 14.0 Å². The second-order valence-electron chi connectivity index (χ2n) is 3.25. The Hall–Kier alpha value is 0.204. The molecular formula is C13H24NO2Y-. The Morgan fingerprint density at radius 1 is 1.18 bits per heavy atom. The number of benzene rings is 1. The maximum Gasteiger partial charge on any atom is 0.108 e. The molecule has 4 heteroatoms. The van der Waals surface area contributed by atoms with E-state index in [4.69, 9.17) is 4.74 Å². The van der Waals surface area contributed by atoms with Crippen molar-refractivity contribution in [1.29, 1.82) is 0 Å². The average Bonchev–Trinajstić information content (AvgIpc) is 2.24. The molecule has 0 amide bonds. The smallest absolute Gasteiger partial charge is 0.108 e. The summed E-state index contributed by atoms with van der Waals surface area (Å²) in [5.41, 5.74) is 2.20. The van der Waals surface area contributed by atoms with Crippen LogP contribution in [0.1, 0.15) is 38.0 Å². The van der Waals surface area contributed by atoms with Gasteiger partial charge in [0, 0.05) is 39.8 Å². The van der Waals surface area contributed by atoms with E-state index in [1.165, 1.54) is 0 Å². The molecule has 1 rings (SSSR count). The molecule has 2 unspecified atom stereocenters. The fourth-order valence-electron chi connectivity index (χ4n) is 1.49. The van der Waals surface area contributed by atoms with E-state index in [-0.39, 0.29) is 45.0 Å². The number of nitrogens with two attached hydrogens (primary N) is 1. The maximum absolute atomic E-state index is 9.47. The first-order valence-corrected chi connectivity index (χ1v) is 5.43. The van der Waals surface area contributed by atoms with E-state index in [2.05, 4.69) is 0 Å². The van der Waals surface area contributed by atoms with Gasteiger partial charge in [0.15, 0.2) is 0 Å². The van der Waals surface area contributed by atoms with Gasteiger partial charge in [-0.3, -0.25) is 0 Å². The van der Waals surface area contributed by atoms with Crippen LogP contribution in [0.5, 0.6) is 0 Å². The molecule has 2 atom stereocenters. The number of aliphatic hydroxyl groups excluding tert-OH is 1. The summed E-state index contributed by atoms with van der Waals surface area (Å²) in [4.78, 5) is 0. The van der Waals surface area contributed by atoms with Crippen LogP contribution >= 0.6 is 0 Å². The van der Waals surface area contributed by atoms with Crippen molar-refractivity contribution in [3.05, 3.63) is 41.5 Å². The molecule has 1 radical (unpaired) electrons. The fourth-order valence-corrected chi connectivity index (χ4v) is 1.49. The van der Waals surface area contributed by atoms with Crippen molar-refractivity contribution in [2.24, 2.45) is 0 Å². The van der Waals surface area contributed by atoms with Gasteiger partial charge in [-0.25, -0.2) is 0 Å². The van der Waals surface area contributed by atoms with Crippen LogP contribution in [-0.2, 0) is 37.4 Å². The van der Waals surface area contributed by atoms with Gasteiger partial charge in [0.1, 0.15) is 6.10 Å². The van der Waals surface area contributed by atoms with Crippen molar-refractivity contribution in [1.82, 2.24) is 0 Å². The first-order chi connectivity index (χ1) is 7.16. The predicted octanol–water partition coefficient (Wildman–Crippen LogP) is 3.80. The monoisotopic (exact) mass is 315 g/mol. The zero-order valence-electron chi connectivity index (χ0n) is 11.5. The van der Waals surface area contributed by atoms with Gasteiger partial charge in [-0.1, -0.05) is 38.1 Å². The van der Waals surface area contributed by atoms with Crippen LogP contribution in [0.2, 0.25) is 0 Å². The molecular weight excluding hydrogens is 291 g/mol. The summed E-state index contributed by atoms with van der Waals surface area (Å²) in [7, 11) is 1.61. The summed E-state index contributed by atoms with van der Waals surface area (Å²) in [6, 6.07) is 7.93. The number of hydrogen-bond acceptors (Lipinski definition) is 2. The number of aliphatic hydroxyl groups is 1. The first kappa shape index (κ1) is 22.4. The molecule has 0 heterocycles. The third kappa shape index (κ3) is 7.27. The molecule has 17 heavy (non-hydrogen) atoms. The number of ether oxygens (including phenoxy) is 1. The number of hydrogen-bond donors (Lipinski definition) is 1. The Morgan fingerprint density at radius 3 is 2.00 bits per heavy atom. The minimum atomic E-state index is -0.480. The molecule has 0 fully saturated rings. The SMILES string of the molecule is CC.COC(c1ccccc1C)C(C)O.[NH2-].[Y]. The molecule has 0 spiro atoms. The van der Waals surface area contributed by atoms with E-state index >= 15 is 0 Å². The summed E-state index contributed by atoms with van der Waals surface area (Å²) in [5, 5.41) is 9.47. The molecule has 0 aromatic heterocycles. The zero-order valence-corrected chi connectivity index (χ0v) is 14.3. The second-order valence-corrected chi connectivity index (χ2v) is 3.25. The summed E-state index contributed by atoms with van der Waals surface area (Å²) < 4.78 is 5.23. The molecule has 0 saturated carbocycles. The fraction of sp³-hybridized carbons (Fsp3) is 0.538. The molecule has 0 saturated heterocycles. The predicted molar refractivity (Wildman–Crippen MR) is 69.2 cm³/mol. The van der Waals surface area contributed by atoms with E-state index in [0.717, 1.165) is 11.1 Å². The van der Waals surface area contributed by atoms with E-state index in [1.807, 2.05) is 45.0 Å². The van der Waals surface area contributed by atoms with Gasteiger partial charge >= 0.3 is 0 Å². The third-order valence-corrected chi connectivity index (χ3v) is 2.19. The van der Waals surface area contributed by atoms with Gasteiger partial charge in [-0.2, -0.15) is 0 Å². The van der Waals surface area contributed by atoms with Crippen molar-refractivity contribution in [2.75, 3.05) is 7.11 Å². The van der Waals surface area contributed by atoms with Gasteiger partial charge in [0.05, 0.1) is 6.10 Å². The van der Waals surface area contributed by atoms with Crippen molar-refractivity contribution < 1.29 is 42.6 Å². The van der Waals surface area contributed by atoms with Crippen molar-refractivity contribution >= 4 is 0 Å². The Balaban J connectivity index is -0.000000464. The molecule has 0 aliphatic carbocycles. The topological polar surface area (TPSA) is 63.0 Å². The quantitative estimate of drug-likeness (QED) is 0.922. The van der Waals surface area contributed by atoms with Crippen LogP contribution < -0.4 is 0 Å². The average molecular weight is 315 g/mol. The van der Waals surface area contributed by atoms with Crippen molar-refractivity contribution in [2.45, 2.75) is 39.9 Å². The third-order valence-electron chi connectivity index (χ3n) is 2.19. The Morgan fingerprint density at radius 2 is 1.65 bits per heavy atom.